The SMILES string of the molecule is O=C(N[C@@H]1CN(CCOc2ccc(F)cc2)C[C@H]1O)c1ccccn1. The van der Waals surface area contributed by atoms with Gasteiger partial charge in [0.15, 0.2) is 0 Å². The molecule has 0 bridgehead atoms. The van der Waals surface area contributed by atoms with Gasteiger partial charge in [-0.05, 0) is 36.4 Å². The minimum Gasteiger partial charge on any atom is -0.492 e. The lowest BCUT2D eigenvalue weighted by Gasteiger charge is -2.16. The van der Waals surface area contributed by atoms with Crippen molar-refractivity contribution in [1.29, 1.82) is 0 Å². The molecule has 1 aliphatic heterocycles. The molecule has 1 saturated heterocycles. The first-order valence-corrected chi connectivity index (χ1v) is 8.12. The summed E-state index contributed by atoms with van der Waals surface area (Å²) >= 11 is 0. The van der Waals surface area contributed by atoms with Crippen LogP contribution >= 0.6 is 0 Å². The molecule has 0 spiro atoms. The van der Waals surface area contributed by atoms with Crippen LogP contribution in [-0.4, -0.2) is 59.3 Å². The van der Waals surface area contributed by atoms with Crippen molar-refractivity contribution in [3.05, 3.63) is 60.2 Å². The quantitative estimate of drug-likeness (QED) is 0.819. The Morgan fingerprint density at radius 2 is 2.08 bits per heavy atom. The van der Waals surface area contributed by atoms with E-state index in [-0.39, 0.29) is 17.8 Å². The number of aliphatic hydroxyl groups is 1. The lowest BCUT2D eigenvalue weighted by molar-refractivity contribution is 0.0883. The average molecular weight is 345 g/mol. The Labute approximate surface area is 145 Å². The molecule has 0 saturated carbocycles. The number of rotatable bonds is 6. The molecule has 132 valence electrons. The maximum atomic E-state index is 12.8. The maximum absolute atomic E-state index is 12.8. The van der Waals surface area contributed by atoms with Crippen molar-refractivity contribution in [2.24, 2.45) is 0 Å². The highest BCUT2D eigenvalue weighted by Gasteiger charge is 2.32. The van der Waals surface area contributed by atoms with E-state index in [2.05, 4.69) is 10.3 Å². The molecular weight excluding hydrogens is 325 g/mol. The van der Waals surface area contributed by atoms with Gasteiger partial charge in [0, 0.05) is 25.8 Å². The first kappa shape index (κ1) is 17.3. The molecule has 2 heterocycles. The van der Waals surface area contributed by atoms with Gasteiger partial charge >= 0.3 is 0 Å². The number of hydrogen-bond acceptors (Lipinski definition) is 5. The molecule has 7 heteroatoms. The molecule has 0 radical (unpaired) electrons. The van der Waals surface area contributed by atoms with Gasteiger partial charge in [-0.3, -0.25) is 14.7 Å². The van der Waals surface area contributed by atoms with Gasteiger partial charge in [-0.2, -0.15) is 0 Å². The van der Waals surface area contributed by atoms with Gasteiger partial charge in [-0.25, -0.2) is 4.39 Å². The van der Waals surface area contributed by atoms with Crippen LogP contribution in [0.15, 0.2) is 48.7 Å². The fourth-order valence-corrected chi connectivity index (χ4v) is 2.75. The molecule has 6 nitrogen and oxygen atoms in total. The number of amides is 1. The number of halogens is 1. The number of carbonyl (C=O) groups excluding carboxylic acids is 1. The number of aliphatic hydroxyl groups excluding tert-OH is 1. The second-order valence-corrected chi connectivity index (χ2v) is 5.92. The Balaban J connectivity index is 1.45. The Morgan fingerprint density at radius 3 is 2.80 bits per heavy atom. The van der Waals surface area contributed by atoms with Crippen LogP contribution in [0.1, 0.15) is 10.5 Å². The first-order valence-electron chi connectivity index (χ1n) is 8.12. The summed E-state index contributed by atoms with van der Waals surface area (Å²) in [7, 11) is 0. The topological polar surface area (TPSA) is 74.7 Å². The summed E-state index contributed by atoms with van der Waals surface area (Å²) in [5.41, 5.74) is 0.327. The molecule has 1 aromatic heterocycles. The number of carbonyl (C=O) groups is 1. The molecule has 1 amide bonds. The molecule has 1 fully saturated rings. The summed E-state index contributed by atoms with van der Waals surface area (Å²) in [6, 6.07) is 10.6. The van der Waals surface area contributed by atoms with Gasteiger partial charge < -0.3 is 15.2 Å². The standard InChI is InChI=1S/C18H20FN3O3/c19-13-4-6-14(7-5-13)25-10-9-22-11-16(17(23)12-22)21-18(24)15-3-1-2-8-20-15/h1-8,16-17,23H,9-12H2,(H,21,24)/t16-,17-/m1/s1. The average Bonchev–Trinajstić information content (AvgIpc) is 2.97. The summed E-state index contributed by atoms with van der Waals surface area (Å²) in [5, 5.41) is 13.0. The minimum absolute atomic E-state index is 0.297. The first-order chi connectivity index (χ1) is 12.1. The van der Waals surface area contributed by atoms with Gasteiger partial charge in [0.25, 0.3) is 5.91 Å². The van der Waals surface area contributed by atoms with Crippen LogP contribution in [0.5, 0.6) is 5.75 Å². The molecule has 1 aliphatic rings. The number of pyridine rings is 1. The summed E-state index contributed by atoms with van der Waals surface area (Å²) in [6.07, 6.45) is 0.914. The fraction of sp³-hybridized carbons (Fsp3) is 0.333. The molecule has 25 heavy (non-hydrogen) atoms. The number of β-amino-alcohol motifs (C(OH)–C–C–N with tert-alkyl or cyclic N) is 1. The van der Waals surface area contributed by atoms with Crippen molar-refractivity contribution in [3.8, 4) is 5.75 Å². The molecule has 3 rings (SSSR count). The number of likely N-dealkylation sites (tertiary alicyclic amines) is 1. The molecule has 2 N–H and O–H groups in total. The zero-order chi connectivity index (χ0) is 17.6. The van der Waals surface area contributed by atoms with Crippen molar-refractivity contribution < 1.29 is 19.0 Å². The van der Waals surface area contributed by atoms with E-state index in [4.69, 9.17) is 4.74 Å². The second-order valence-electron chi connectivity index (χ2n) is 5.92. The zero-order valence-electron chi connectivity index (χ0n) is 13.6. The van der Waals surface area contributed by atoms with Gasteiger partial charge in [-0.1, -0.05) is 6.07 Å². The third kappa shape index (κ3) is 4.74. The van der Waals surface area contributed by atoms with Crippen molar-refractivity contribution in [2.75, 3.05) is 26.2 Å². The molecule has 2 aromatic rings. The Morgan fingerprint density at radius 1 is 1.28 bits per heavy atom. The molecule has 2 atom stereocenters. The van der Waals surface area contributed by atoms with Crippen molar-refractivity contribution in [2.45, 2.75) is 12.1 Å². The summed E-state index contributed by atoms with van der Waals surface area (Å²) in [4.78, 5) is 18.1. The van der Waals surface area contributed by atoms with Gasteiger partial charge in [0.1, 0.15) is 23.9 Å². The van der Waals surface area contributed by atoms with E-state index in [1.165, 1.54) is 12.1 Å². The van der Waals surface area contributed by atoms with Gasteiger partial charge in [0.2, 0.25) is 0 Å². The highest BCUT2D eigenvalue weighted by Crippen LogP contribution is 2.13. The zero-order valence-corrected chi connectivity index (χ0v) is 13.6. The normalized spacial score (nSPS) is 20.4. The predicted molar refractivity (Wildman–Crippen MR) is 89.8 cm³/mol. The van der Waals surface area contributed by atoms with E-state index >= 15 is 0 Å². The van der Waals surface area contributed by atoms with E-state index in [1.54, 1.807) is 36.5 Å². The van der Waals surface area contributed by atoms with Crippen LogP contribution in [0.25, 0.3) is 0 Å². The third-order valence-corrected chi connectivity index (χ3v) is 4.07. The van der Waals surface area contributed by atoms with Crippen molar-refractivity contribution in [1.82, 2.24) is 15.2 Å². The van der Waals surface area contributed by atoms with Crippen LogP contribution in [0.4, 0.5) is 4.39 Å². The number of aromatic nitrogens is 1. The molecule has 1 aromatic carbocycles. The smallest absolute Gasteiger partial charge is 0.270 e. The summed E-state index contributed by atoms with van der Waals surface area (Å²) < 4.78 is 18.4. The van der Waals surface area contributed by atoms with Crippen molar-refractivity contribution >= 4 is 5.91 Å². The molecule has 0 unspecified atom stereocenters. The maximum Gasteiger partial charge on any atom is 0.270 e. The van der Waals surface area contributed by atoms with Crippen LogP contribution in [-0.2, 0) is 0 Å². The second kappa shape index (κ2) is 8.04. The predicted octanol–water partition coefficient (Wildman–Crippen LogP) is 1.07. The van der Waals surface area contributed by atoms with E-state index in [0.717, 1.165) is 0 Å². The van der Waals surface area contributed by atoms with Gasteiger partial charge in [-0.15, -0.1) is 0 Å². The number of nitrogens with one attached hydrogen (secondary N) is 1. The minimum atomic E-state index is -0.640. The van der Waals surface area contributed by atoms with Gasteiger partial charge in [0.05, 0.1) is 12.1 Å². The Bertz CT molecular complexity index is 696. The van der Waals surface area contributed by atoms with Crippen LogP contribution in [0.3, 0.4) is 0 Å². The largest absolute Gasteiger partial charge is 0.492 e. The molecular formula is C18H20FN3O3. The highest BCUT2D eigenvalue weighted by atomic mass is 19.1. The van der Waals surface area contributed by atoms with Crippen LogP contribution in [0, 0.1) is 5.82 Å². The number of hydrogen-bond donors (Lipinski definition) is 2. The monoisotopic (exact) mass is 345 g/mol. The Kier molecular flexibility index (Phi) is 5.57. The van der Waals surface area contributed by atoms with E-state index in [9.17, 15) is 14.3 Å². The lowest BCUT2D eigenvalue weighted by Crippen LogP contribution is -2.43. The van der Waals surface area contributed by atoms with Crippen LogP contribution in [0.2, 0.25) is 0 Å². The third-order valence-electron chi connectivity index (χ3n) is 4.07. The van der Waals surface area contributed by atoms with E-state index in [1.807, 2.05) is 4.90 Å². The van der Waals surface area contributed by atoms with Crippen LogP contribution < -0.4 is 10.1 Å². The fourth-order valence-electron chi connectivity index (χ4n) is 2.75. The van der Waals surface area contributed by atoms with Crippen molar-refractivity contribution in [3.63, 3.8) is 0 Å². The number of benzene rings is 1. The number of nitrogens with zero attached hydrogens (tertiary/aromatic N) is 2. The lowest BCUT2D eigenvalue weighted by atomic mass is 10.2. The van der Waals surface area contributed by atoms with E-state index in [0.29, 0.717) is 37.7 Å². The molecule has 0 aliphatic carbocycles. The van der Waals surface area contributed by atoms with E-state index < -0.39 is 6.10 Å². The highest BCUT2D eigenvalue weighted by molar-refractivity contribution is 5.92. The Hall–Kier alpha value is -2.51. The summed E-state index contributed by atoms with van der Waals surface area (Å²) in [5.74, 6) is -0.00304. The summed E-state index contributed by atoms with van der Waals surface area (Å²) in [6.45, 7) is 2.01. The number of ether oxygens (including phenoxy) is 1.